The summed E-state index contributed by atoms with van der Waals surface area (Å²) in [6.07, 6.45) is 0.157. The lowest BCUT2D eigenvalue weighted by Gasteiger charge is -2.38. The van der Waals surface area contributed by atoms with Gasteiger partial charge in [-0.25, -0.2) is 9.69 Å². The number of imide groups is 1. The van der Waals surface area contributed by atoms with Crippen molar-refractivity contribution in [1.82, 2.24) is 4.90 Å². The van der Waals surface area contributed by atoms with Crippen molar-refractivity contribution >= 4 is 40.8 Å². The lowest BCUT2D eigenvalue weighted by atomic mass is 10.1. The van der Waals surface area contributed by atoms with E-state index in [-0.39, 0.29) is 24.8 Å². The molecule has 1 unspecified atom stereocenters. The fraction of sp³-hybridized carbons (Fsp3) is 0.348. The molecule has 2 aromatic rings. The maximum absolute atomic E-state index is 13.1. The molecule has 8 heteroatoms. The maximum atomic E-state index is 13.1. The highest BCUT2D eigenvalue weighted by Gasteiger charge is 2.43. The van der Waals surface area contributed by atoms with E-state index in [2.05, 4.69) is 9.80 Å². The van der Waals surface area contributed by atoms with Gasteiger partial charge in [-0.05, 0) is 43.3 Å². The van der Waals surface area contributed by atoms with Crippen molar-refractivity contribution in [2.24, 2.45) is 0 Å². The van der Waals surface area contributed by atoms with Crippen molar-refractivity contribution in [2.75, 3.05) is 42.6 Å². The molecule has 0 aliphatic carbocycles. The number of hydrogen-bond acceptors (Lipinski definition) is 6. The van der Waals surface area contributed by atoms with Crippen LogP contribution < -0.4 is 9.80 Å². The third-order valence-corrected chi connectivity index (χ3v) is 6.03. The van der Waals surface area contributed by atoms with Crippen LogP contribution in [0.4, 0.5) is 11.4 Å². The Kier molecular flexibility index (Phi) is 6.25. The topological polar surface area (TPSA) is 70.2 Å². The van der Waals surface area contributed by atoms with Crippen molar-refractivity contribution < 1.29 is 19.1 Å². The molecule has 31 heavy (non-hydrogen) atoms. The van der Waals surface area contributed by atoms with Gasteiger partial charge in [0.05, 0.1) is 41.0 Å². The van der Waals surface area contributed by atoms with E-state index in [0.717, 1.165) is 18.8 Å². The van der Waals surface area contributed by atoms with Crippen molar-refractivity contribution in [3.05, 3.63) is 59.1 Å². The normalized spacial score (nSPS) is 19.7. The Morgan fingerprint density at radius 3 is 2.35 bits per heavy atom. The summed E-state index contributed by atoms with van der Waals surface area (Å²) in [7, 11) is 0. The molecular formula is C23H24ClN3O4. The Labute approximate surface area is 186 Å². The number of anilines is 2. The third kappa shape index (κ3) is 4.29. The molecule has 2 aliphatic heterocycles. The maximum Gasteiger partial charge on any atom is 0.338 e. The summed E-state index contributed by atoms with van der Waals surface area (Å²) in [6.45, 7) is 4.83. The first-order valence-electron chi connectivity index (χ1n) is 10.4. The zero-order valence-electron chi connectivity index (χ0n) is 17.3. The number of nitrogens with zero attached hydrogens (tertiary/aromatic N) is 3. The molecule has 0 bridgehead atoms. The average Bonchev–Trinajstić information content (AvgIpc) is 3.08. The molecule has 7 nitrogen and oxygen atoms in total. The fourth-order valence-corrected chi connectivity index (χ4v) is 4.37. The molecule has 162 valence electrons. The van der Waals surface area contributed by atoms with E-state index in [1.54, 1.807) is 31.2 Å². The fourth-order valence-electron chi connectivity index (χ4n) is 4.12. The number of carbonyl (C=O) groups is 3. The lowest BCUT2D eigenvalue weighted by Crippen LogP contribution is -2.52. The predicted octanol–water partition coefficient (Wildman–Crippen LogP) is 2.97. The SMILES string of the molecule is CCOC(=O)c1ccc(N2C(=O)CC(N3CCN(c4ccccc4Cl)CC3)C2=O)cc1. The summed E-state index contributed by atoms with van der Waals surface area (Å²) in [5.41, 5.74) is 1.85. The van der Waals surface area contributed by atoms with Gasteiger partial charge in [0.15, 0.2) is 0 Å². The zero-order chi connectivity index (χ0) is 22.0. The largest absolute Gasteiger partial charge is 0.462 e. The molecular weight excluding hydrogens is 418 g/mol. The van der Waals surface area contributed by atoms with E-state index in [9.17, 15) is 14.4 Å². The minimum absolute atomic E-state index is 0.157. The number of amides is 2. The standard InChI is InChI=1S/C23H24ClN3O4/c1-2-31-23(30)16-7-9-17(10-8-16)27-21(28)15-20(22(27)29)26-13-11-25(12-14-26)19-6-4-3-5-18(19)24/h3-10,20H,2,11-15H2,1H3. The lowest BCUT2D eigenvalue weighted by molar-refractivity contribution is -0.123. The highest BCUT2D eigenvalue weighted by atomic mass is 35.5. The van der Waals surface area contributed by atoms with Gasteiger partial charge in [0, 0.05) is 26.2 Å². The molecule has 2 heterocycles. The summed E-state index contributed by atoms with van der Waals surface area (Å²) in [5.74, 6) is -0.880. The number of piperazine rings is 1. The third-order valence-electron chi connectivity index (χ3n) is 5.71. The van der Waals surface area contributed by atoms with E-state index in [4.69, 9.17) is 16.3 Å². The van der Waals surface area contributed by atoms with E-state index >= 15 is 0 Å². The van der Waals surface area contributed by atoms with Crippen LogP contribution in [0.2, 0.25) is 5.02 Å². The number of rotatable bonds is 5. The van der Waals surface area contributed by atoms with Crippen LogP contribution in [0, 0.1) is 0 Å². The zero-order valence-corrected chi connectivity index (χ0v) is 18.0. The van der Waals surface area contributed by atoms with Crippen molar-refractivity contribution in [3.63, 3.8) is 0 Å². The molecule has 1 atom stereocenters. The highest BCUT2D eigenvalue weighted by Crippen LogP contribution is 2.29. The minimum atomic E-state index is -0.467. The predicted molar refractivity (Wildman–Crippen MR) is 119 cm³/mol. The molecule has 2 saturated heterocycles. The summed E-state index contributed by atoms with van der Waals surface area (Å²) >= 11 is 6.31. The van der Waals surface area contributed by atoms with Crippen molar-refractivity contribution in [1.29, 1.82) is 0 Å². The van der Waals surface area contributed by atoms with E-state index in [0.29, 0.717) is 29.4 Å². The Hall–Kier alpha value is -2.90. The van der Waals surface area contributed by atoms with Gasteiger partial charge in [-0.3, -0.25) is 14.5 Å². The Morgan fingerprint density at radius 2 is 1.71 bits per heavy atom. The van der Waals surface area contributed by atoms with Gasteiger partial charge in [-0.15, -0.1) is 0 Å². The first-order valence-corrected chi connectivity index (χ1v) is 10.7. The molecule has 0 spiro atoms. The Balaban J connectivity index is 1.42. The molecule has 0 aromatic heterocycles. The summed E-state index contributed by atoms with van der Waals surface area (Å²) < 4.78 is 4.97. The summed E-state index contributed by atoms with van der Waals surface area (Å²) in [6, 6.07) is 13.6. The Morgan fingerprint density at radius 1 is 1.03 bits per heavy atom. The van der Waals surface area contributed by atoms with Gasteiger partial charge in [0.25, 0.3) is 5.91 Å². The highest BCUT2D eigenvalue weighted by molar-refractivity contribution is 6.33. The minimum Gasteiger partial charge on any atom is -0.462 e. The molecule has 2 aliphatic rings. The van der Waals surface area contributed by atoms with E-state index in [1.807, 2.05) is 24.3 Å². The number of hydrogen-bond donors (Lipinski definition) is 0. The van der Waals surface area contributed by atoms with E-state index < -0.39 is 12.0 Å². The summed E-state index contributed by atoms with van der Waals surface area (Å²) in [4.78, 5) is 43.0. The number of halogens is 1. The van der Waals surface area contributed by atoms with E-state index in [1.165, 1.54) is 4.90 Å². The van der Waals surface area contributed by atoms with Gasteiger partial charge < -0.3 is 9.64 Å². The molecule has 0 radical (unpaired) electrons. The molecule has 4 rings (SSSR count). The molecule has 0 saturated carbocycles. The molecule has 2 amide bonds. The second-order valence-corrected chi connectivity index (χ2v) is 7.94. The van der Waals surface area contributed by atoms with Gasteiger partial charge in [0.1, 0.15) is 0 Å². The van der Waals surface area contributed by atoms with Gasteiger partial charge >= 0.3 is 5.97 Å². The first kappa shape index (κ1) is 21.3. The number of para-hydroxylation sites is 1. The quantitative estimate of drug-likeness (QED) is 0.525. The summed E-state index contributed by atoms with van der Waals surface area (Å²) in [5, 5.41) is 0.709. The number of esters is 1. The smallest absolute Gasteiger partial charge is 0.338 e. The van der Waals surface area contributed by atoms with Gasteiger partial charge in [0.2, 0.25) is 5.91 Å². The van der Waals surface area contributed by atoms with Crippen LogP contribution in [0.25, 0.3) is 0 Å². The average molecular weight is 442 g/mol. The first-order chi connectivity index (χ1) is 15.0. The van der Waals surface area contributed by atoms with Crippen LogP contribution in [0.3, 0.4) is 0 Å². The molecule has 2 fully saturated rings. The monoisotopic (exact) mass is 441 g/mol. The van der Waals surface area contributed by atoms with Crippen LogP contribution in [0.5, 0.6) is 0 Å². The van der Waals surface area contributed by atoms with Crippen molar-refractivity contribution in [3.8, 4) is 0 Å². The van der Waals surface area contributed by atoms with Crippen LogP contribution in [0.15, 0.2) is 48.5 Å². The van der Waals surface area contributed by atoms with Crippen molar-refractivity contribution in [2.45, 2.75) is 19.4 Å². The van der Waals surface area contributed by atoms with Crippen LogP contribution in [-0.4, -0.2) is 61.5 Å². The van der Waals surface area contributed by atoms with Crippen LogP contribution >= 0.6 is 11.6 Å². The van der Waals surface area contributed by atoms with Gasteiger partial charge in [-0.1, -0.05) is 23.7 Å². The number of benzene rings is 2. The second kappa shape index (κ2) is 9.08. The second-order valence-electron chi connectivity index (χ2n) is 7.53. The number of ether oxygens (including phenoxy) is 1. The molecule has 0 N–H and O–H groups in total. The number of carbonyl (C=O) groups excluding carboxylic acids is 3. The van der Waals surface area contributed by atoms with Crippen LogP contribution in [-0.2, 0) is 14.3 Å². The Bertz CT molecular complexity index is 987. The van der Waals surface area contributed by atoms with Gasteiger partial charge in [-0.2, -0.15) is 0 Å². The molecule has 2 aromatic carbocycles. The van der Waals surface area contributed by atoms with Crippen LogP contribution in [0.1, 0.15) is 23.7 Å².